The third kappa shape index (κ3) is 6.43. The van der Waals surface area contributed by atoms with Crippen molar-refractivity contribution in [3.63, 3.8) is 0 Å². The summed E-state index contributed by atoms with van der Waals surface area (Å²) in [5, 5.41) is 13.8. The van der Waals surface area contributed by atoms with Crippen molar-refractivity contribution in [3.05, 3.63) is 64.2 Å². The highest BCUT2D eigenvalue weighted by molar-refractivity contribution is 6.32. The maximum Gasteiger partial charge on any atom is 0.573 e. The van der Waals surface area contributed by atoms with Gasteiger partial charge >= 0.3 is 6.36 Å². The summed E-state index contributed by atoms with van der Waals surface area (Å²) < 4.78 is 41.6. The number of rotatable bonds is 8. The molecule has 1 fully saturated rings. The number of hydrogen-bond acceptors (Lipinski definition) is 4. The molecule has 184 valence electrons. The first kappa shape index (κ1) is 24.8. The van der Waals surface area contributed by atoms with Crippen LogP contribution in [-0.4, -0.2) is 48.0 Å². The number of carbonyl (C=O) groups is 1. The predicted octanol–water partition coefficient (Wildman–Crippen LogP) is 4.66. The highest BCUT2D eigenvalue weighted by atomic mass is 35.5. The van der Waals surface area contributed by atoms with Gasteiger partial charge in [0, 0.05) is 13.0 Å². The lowest BCUT2D eigenvalue weighted by Crippen LogP contribution is -2.47. The summed E-state index contributed by atoms with van der Waals surface area (Å²) in [6.07, 6.45) is -1.87. The molecule has 1 heterocycles. The topological polar surface area (TPSA) is 61.8 Å². The number of amides is 1. The van der Waals surface area contributed by atoms with Gasteiger partial charge in [0.15, 0.2) is 0 Å². The Morgan fingerprint density at radius 3 is 2.38 bits per heavy atom. The van der Waals surface area contributed by atoms with E-state index in [1.165, 1.54) is 23.3 Å². The number of nitrogens with zero attached hydrogens (tertiary/aromatic N) is 1. The van der Waals surface area contributed by atoms with E-state index in [9.17, 15) is 23.1 Å². The van der Waals surface area contributed by atoms with Gasteiger partial charge in [-0.3, -0.25) is 4.79 Å². The van der Waals surface area contributed by atoms with E-state index in [-0.39, 0.29) is 16.8 Å². The molecule has 4 rings (SSSR count). The van der Waals surface area contributed by atoms with Crippen LogP contribution in [0.1, 0.15) is 42.1 Å². The van der Waals surface area contributed by atoms with Gasteiger partial charge in [0.2, 0.25) is 5.91 Å². The Morgan fingerprint density at radius 2 is 1.79 bits per heavy atom. The van der Waals surface area contributed by atoms with Crippen LogP contribution in [-0.2, 0) is 17.6 Å². The molecule has 2 aromatic rings. The van der Waals surface area contributed by atoms with Crippen molar-refractivity contribution in [2.45, 2.75) is 50.6 Å². The van der Waals surface area contributed by atoms with Gasteiger partial charge in [-0.05, 0) is 73.5 Å². The zero-order valence-electron chi connectivity index (χ0n) is 18.7. The number of alkyl halides is 3. The quantitative estimate of drug-likeness (QED) is 0.558. The number of carbonyl (C=O) groups excluding carboxylic acids is 1. The summed E-state index contributed by atoms with van der Waals surface area (Å²) >= 11 is 5.98. The Labute approximate surface area is 201 Å². The van der Waals surface area contributed by atoms with Gasteiger partial charge < -0.3 is 20.1 Å². The second-order valence-corrected chi connectivity index (χ2v) is 9.52. The zero-order valence-corrected chi connectivity index (χ0v) is 19.4. The van der Waals surface area contributed by atoms with Crippen LogP contribution in [0.5, 0.6) is 5.75 Å². The van der Waals surface area contributed by atoms with Crippen LogP contribution < -0.4 is 10.1 Å². The number of ether oxygens (including phenoxy) is 1. The monoisotopic (exact) mass is 496 g/mol. The first-order valence-corrected chi connectivity index (χ1v) is 11.9. The standard InChI is InChI=1S/C25H28ClF3N2O3/c26-20-14-19(7-8-22(20)34-25(27,28)29)24(33)21(15-31-9-3-4-10-31)30-23(32)13-16-11-17-5-1-2-6-18(17)12-16/h1-2,5-8,14,16,21,24,33H,3-4,9-13,15H2,(H,30,32). The van der Waals surface area contributed by atoms with Crippen molar-refractivity contribution in [1.29, 1.82) is 0 Å². The van der Waals surface area contributed by atoms with Crippen LogP contribution in [0, 0.1) is 5.92 Å². The molecule has 2 aliphatic rings. The van der Waals surface area contributed by atoms with Gasteiger partial charge in [0.1, 0.15) is 11.9 Å². The van der Waals surface area contributed by atoms with Gasteiger partial charge in [-0.25, -0.2) is 0 Å². The smallest absolute Gasteiger partial charge is 0.404 e. The molecule has 0 radical (unpaired) electrons. The van der Waals surface area contributed by atoms with Gasteiger partial charge in [0.25, 0.3) is 0 Å². The number of aliphatic hydroxyl groups excluding tert-OH is 1. The van der Waals surface area contributed by atoms with Gasteiger partial charge in [-0.2, -0.15) is 0 Å². The van der Waals surface area contributed by atoms with Crippen molar-refractivity contribution >= 4 is 17.5 Å². The number of benzene rings is 2. The minimum Gasteiger partial charge on any atom is -0.404 e. The van der Waals surface area contributed by atoms with Crippen molar-refractivity contribution in [2.24, 2.45) is 5.92 Å². The molecule has 1 aliphatic heterocycles. The van der Waals surface area contributed by atoms with E-state index in [0.29, 0.717) is 18.5 Å². The number of aliphatic hydroxyl groups is 1. The Balaban J connectivity index is 1.44. The summed E-state index contributed by atoms with van der Waals surface area (Å²) in [5.41, 5.74) is 2.85. The fourth-order valence-corrected chi connectivity index (χ4v) is 5.16. The summed E-state index contributed by atoms with van der Waals surface area (Å²) in [5.74, 6) is -0.481. The van der Waals surface area contributed by atoms with Crippen molar-refractivity contribution < 1.29 is 27.8 Å². The predicted molar refractivity (Wildman–Crippen MR) is 123 cm³/mol. The molecule has 1 amide bonds. The van der Waals surface area contributed by atoms with E-state index in [2.05, 4.69) is 27.1 Å². The molecule has 0 spiro atoms. The van der Waals surface area contributed by atoms with E-state index in [4.69, 9.17) is 11.6 Å². The molecule has 2 aromatic carbocycles. The van der Waals surface area contributed by atoms with Crippen LogP contribution in [0.15, 0.2) is 42.5 Å². The zero-order chi connectivity index (χ0) is 24.3. The van der Waals surface area contributed by atoms with Gasteiger partial charge in [-0.15, -0.1) is 13.2 Å². The summed E-state index contributed by atoms with van der Waals surface area (Å²) in [4.78, 5) is 15.1. The molecular formula is C25H28ClF3N2O3. The summed E-state index contributed by atoms with van der Waals surface area (Å²) in [7, 11) is 0. The number of halogens is 4. The second kappa shape index (κ2) is 10.5. The maximum absolute atomic E-state index is 12.9. The van der Waals surface area contributed by atoms with Crippen molar-refractivity contribution in [1.82, 2.24) is 10.2 Å². The Morgan fingerprint density at radius 1 is 1.15 bits per heavy atom. The molecule has 0 saturated carbocycles. The minimum absolute atomic E-state index is 0.149. The Bertz CT molecular complexity index is 986. The fourth-order valence-electron chi connectivity index (χ4n) is 4.93. The molecule has 1 aliphatic carbocycles. The molecule has 5 nitrogen and oxygen atoms in total. The molecule has 34 heavy (non-hydrogen) atoms. The third-order valence-corrected chi connectivity index (χ3v) is 6.81. The molecule has 2 unspecified atom stereocenters. The normalized spacial score (nSPS) is 18.5. The first-order valence-electron chi connectivity index (χ1n) is 11.5. The number of likely N-dealkylation sites (tertiary alicyclic amines) is 1. The maximum atomic E-state index is 12.9. The van der Waals surface area contributed by atoms with Crippen LogP contribution in [0.2, 0.25) is 5.02 Å². The molecular weight excluding hydrogens is 469 g/mol. The SMILES string of the molecule is O=C(CC1Cc2ccccc2C1)NC(CN1CCCC1)C(O)c1ccc(OC(F)(F)F)c(Cl)c1. The van der Waals surface area contributed by atoms with E-state index in [0.717, 1.165) is 44.8 Å². The number of hydrogen-bond donors (Lipinski definition) is 2. The molecule has 9 heteroatoms. The summed E-state index contributed by atoms with van der Waals surface area (Å²) in [6.45, 7) is 2.18. The highest BCUT2D eigenvalue weighted by Gasteiger charge is 2.33. The number of nitrogens with one attached hydrogen (secondary N) is 1. The average molecular weight is 497 g/mol. The van der Waals surface area contributed by atoms with E-state index in [1.807, 2.05) is 12.1 Å². The largest absolute Gasteiger partial charge is 0.573 e. The summed E-state index contributed by atoms with van der Waals surface area (Å²) in [6, 6.07) is 11.2. The lowest BCUT2D eigenvalue weighted by molar-refractivity contribution is -0.274. The van der Waals surface area contributed by atoms with Crippen LogP contribution in [0.4, 0.5) is 13.2 Å². The Kier molecular flexibility index (Phi) is 7.70. The van der Waals surface area contributed by atoms with Gasteiger partial charge in [-0.1, -0.05) is 41.9 Å². The minimum atomic E-state index is -4.87. The van der Waals surface area contributed by atoms with Crippen molar-refractivity contribution in [2.75, 3.05) is 19.6 Å². The van der Waals surface area contributed by atoms with Crippen LogP contribution in [0.25, 0.3) is 0 Å². The molecule has 1 saturated heterocycles. The van der Waals surface area contributed by atoms with E-state index >= 15 is 0 Å². The Hall–Kier alpha value is -2.29. The van der Waals surface area contributed by atoms with E-state index < -0.39 is 24.3 Å². The first-order chi connectivity index (χ1) is 16.2. The average Bonchev–Trinajstić information content (AvgIpc) is 3.42. The number of fused-ring (bicyclic) bond motifs is 1. The lowest BCUT2D eigenvalue weighted by atomic mass is 9.99. The molecule has 0 aromatic heterocycles. The van der Waals surface area contributed by atoms with Gasteiger partial charge in [0.05, 0.1) is 11.1 Å². The van der Waals surface area contributed by atoms with Crippen molar-refractivity contribution in [3.8, 4) is 5.75 Å². The highest BCUT2D eigenvalue weighted by Crippen LogP contribution is 2.33. The fraction of sp³-hybridized carbons (Fsp3) is 0.480. The molecule has 2 atom stereocenters. The molecule has 2 N–H and O–H groups in total. The van der Waals surface area contributed by atoms with Crippen LogP contribution >= 0.6 is 11.6 Å². The third-order valence-electron chi connectivity index (χ3n) is 6.51. The van der Waals surface area contributed by atoms with E-state index in [1.54, 1.807) is 0 Å². The molecule has 0 bridgehead atoms. The second-order valence-electron chi connectivity index (χ2n) is 9.11. The lowest BCUT2D eigenvalue weighted by Gasteiger charge is -2.29. The van der Waals surface area contributed by atoms with Crippen LogP contribution in [0.3, 0.4) is 0 Å².